The lowest BCUT2D eigenvalue weighted by atomic mass is 9.47. The molecule has 4 aliphatic rings. The molecule has 4 nitrogen and oxygen atoms in total. The Balaban J connectivity index is 1.79. The molecule has 0 spiro atoms. The number of allylic oxidation sites excluding steroid dienone is 1. The van der Waals surface area contributed by atoms with Gasteiger partial charge in [-0.1, -0.05) is 19.4 Å². The normalized spacial score (nSPS) is 53.2. The van der Waals surface area contributed by atoms with Crippen molar-refractivity contribution in [1.82, 2.24) is 0 Å². The van der Waals surface area contributed by atoms with Gasteiger partial charge in [-0.15, -0.1) is 0 Å². The molecule has 3 fully saturated rings. The topological polar surface area (TPSA) is 71.4 Å². The zero-order chi connectivity index (χ0) is 19.7. The Morgan fingerprint density at radius 2 is 2.08 bits per heavy atom. The highest BCUT2D eigenvalue weighted by molar-refractivity contribution is 5.93. The van der Waals surface area contributed by atoms with Crippen LogP contribution in [0.15, 0.2) is 11.6 Å². The Morgan fingerprint density at radius 1 is 1.32 bits per heavy atom. The van der Waals surface area contributed by atoms with Crippen molar-refractivity contribution in [3.8, 4) is 0 Å². The van der Waals surface area contributed by atoms with E-state index in [9.17, 15) is 19.5 Å². The molecule has 0 aromatic carbocycles. The second kappa shape index (κ2) is 5.60. The van der Waals surface area contributed by atoms with Crippen LogP contribution >= 0.6 is 0 Å². The van der Waals surface area contributed by atoms with Gasteiger partial charge in [0.1, 0.15) is 12.4 Å². The molecule has 0 aromatic heterocycles. The first-order valence-electron chi connectivity index (χ1n) is 10.5. The van der Waals surface area contributed by atoms with Crippen LogP contribution in [0.3, 0.4) is 0 Å². The number of aliphatic hydroxyl groups is 1. The van der Waals surface area contributed by atoms with Crippen LogP contribution in [0, 0.1) is 34.5 Å². The monoisotopic (exact) mass is 348 g/mol. The van der Waals surface area contributed by atoms with Crippen molar-refractivity contribution in [1.29, 1.82) is 0 Å². The third-order valence-electron chi connectivity index (χ3n) is 7.72. The highest BCUT2D eigenvalue weighted by Gasteiger charge is 2.62. The zero-order valence-corrected chi connectivity index (χ0v) is 15.0. The lowest BCUT2D eigenvalue weighted by molar-refractivity contribution is -0.149. The predicted octanol–water partition coefficient (Wildman–Crippen LogP) is 2.87. The van der Waals surface area contributed by atoms with Crippen LogP contribution < -0.4 is 0 Å². The van der Waals surface area contributed by atoms with Crippen LogP contribution in [0.25, 0.3) is 0 Å². The van der Waals surface area contributed by atoms with Gasteiger partial charge in [0, 0.05) is 27.4 Å². The largest absolute Gasteiger partial charge is 0.389 e. The average Bonchev–Trinajstić information content (AvgIpc) is 2.92. The van der Waals surface area contributed by atoms with Gasteiger partial charge in [-0.2, -0.15) is 0 Å². The van der Waals surface area contributed by atoms with Crippen LogP contribution in [-0.4, -0.2) is 29.1 Å². The zero-order valence-electron chi connectivity index (χ0n) is 17.0. The van der Waals surface area contributed by atoms with Gasteiger partial charge in [0.2, 0.25) is 0 Å². The third kappa shape index (κ3) is 2.26. The first-order chi connectivity index (χ1) is 12.6. The van der Waals surface area contributed by atoms with E-state index in [0.717, 1.165) is 12.0 Å². The van der Waals surface area contributed by atoms with Crippen LogP contribution in [0.1, 0.15) is 61.5 Å². The van der Waals surface area contributed by atoms with Crippen molar-refractivity contribution in [2.24, 2.45) is 34.5 Å². The maximum atomic E-state index is 13.4. The highest BCUT2D eigenvalue weighted by Crippen LogP contribution is 2.65. The molecule has 4 heteroatoms. The van der Waals surface area contributed by atoms with Gasteiger partial charge in [-0.25, -0.2) is 0 Å². The van der Waals surface area contributed by atoms with E-state index < -0.39 is 36.1 Å². The van der Waals surface area contributed by atoms with Crippen molar-refractivity contribution < 1.29 is 22.2 Å². The molecule has 136 valence electrons. The highest BCUT2D eigenvalue weighted by atomic mass is 16.3. The van der Waals surface area contributed by atoms with Gasteiger partial charge in [0.05, 0.1) is 0 Å². The van der Waals surface area contributed by atoms with Gasteiger partial charge in [0.15, 0.2) is 11.6 Å². The number of hydrogen-bond donors (Lipinski definition) is 1. The fraction of sp³-hybridized carbons (Fsp3) is 0.762. The van der Waals surface area contributed by atoms with Crippen LogP contribution in [0.4, 0.5) is 0 Å². The smallest absolute Gasteiger partial charge is 0.161 e. The molecule has 0 bridgehead atoms. The molecule has 4 aliphatic carbocycles. The van der Waals surface area contributed by atoms with E-state index in [2.05, 4.69) is 0 Å². The summed E-state index contributed by atoms with van der Waals surface area (Å²) >= 11 is 0. The minimum absolute atomic E-state index is 0.0355. The lowest BCUT2D eigenvalue weighted by Crippen LogP contribution is -2.55. The van der Waals surface area contributed by atoms with Crippen LogP contribution in [-0.2, 0) is 14.4 Å². The number of aliphatic hydroxyl groups excluding tert-OH is 1. The summed E-state index contributed by atoms with van der Waals surface area (Å²) in [6.07, 6.45) is 2.71. The molecule has 0 radical (unpaired) electrons. The van der Waals surface area contributed by atoms with E-state index in [1.807, 2.05) is 13.8 Å². The molecule has 25 heavy (non-hydrogen) atoms. The quantitative estimate of drug-likeness (QED) is 0.779. The number of Topliss-reactive ketones (excluding diaryl/α,β-unsaturated/α-hetero) is 2. The predicted molar refractivity (Wildman–Crippen MR) is 92.7 cm³/mol. The molecular weight excluding hydrogens is 318 g/mol. The van der Waals surface area contributed by atoms with Crippen LogP contribution in [0.2, 0.25) is 0 Å². The van der Waals surface area contributed by atoms with Crippen molar-refractivity contribution in [3.63, 3.8) is 0 Å². The SMILES string of the molecule is [2H]C1CC2=[13CH][13C](=O)C[C@H]([2H])[C@]2(C)[C@H]2C(=O)C[C@]3(C)[C@@H](C(=O)CO)CC[C@H]3[C@H]12. The second-order valence-corrected chi connectivity index (χ2v) is 8.83. The maximum Gasteiger partial charge on any atom is 0.161 e. The van der Waals surface area contributed by atoms with E-state index >= 15 is 0 Å². The first-order valence-corrected chi connectivity index (χ1v) is 9.39. The molecule has 1 unspecified atom stereocenters. The molecule has 1 N–H and O–H groups in total. The molecule has 4 rings (SSSR count). The van der Waals surface area contributed by atoms with E-state index in [1.165, 1.54) is 0 Å². The molecule has 0 amide bonds. The van der Waals surface area contributed by atoms with Gasteiger partial charge in [-0.3, -0.25) is 14.4 Å². The summed E-state index contributed by atoms with van der Waals surface area (Å²) < 4.78 is 17.4. The molecule has 0 aliphatic heterocycles. The van der Waals surface area contributed by atoms with E-state index in [1.54, 1.807) is 6.08 Å². The number of carbonyl (C=O) groups is 3. The second-order valence-electron chi connectivity index (χ2n) is 8.83. The number of ketones is 3. The summed E-state index contributed by atoms with van der Waals surface area (Å²) in [5.41, 5.74) is -0.386. The summed E-state index contributed by atoms with van der Waals surface area (Å²) in [7, 11) is 0. The molecule has 0 saturated heterocycles. The molecule has 0 aromatic rings. The summed E-state index contributed by atoms with van der Waals surface area (Å²) in [5.74, 6) is -1.09. The standard InChI is InChI=1S/C21H28O4/c1-20-8-7-13(23)9-12(20)3-4-14-15-5-6-16(18(25)11-22)21(15,2)10-17(24)19(14)20/h9,14-16,19,22H,3-8,10-11H2,1-2H3/t14-,15-,16+,19+,20-,21-/m0/s1/i4D,8D,9+1,13+1/t4?,8-,14-,15-,16+,19+,20-,21-. The maximum absolute atomic E-state index is 13.4. The molecule has 8 atom stereocenters. The number of hydrogen-bond acceptors (Lipinski definition) is 4. The minimum atomic E-state index is -0.687. The van der Waals surface area contributed by atoms with E-state index in [4.69, 9.17) is 2.74 Å². The van der Waals surface area contributed by atoms with Gasteiger partial charge < -0.3 is 5.11 Å². The number of rotatable bonds is 2. The summed E-state index contributed by atoms with van der Waals surface area (Å²) in [6.45, 7) is 3.43. The molecule has 3 saturated carbocycles. The van der Waals surface area contributed by atoms with Crippen molar-refractivity contribution in [3.05, 3.63) is 11.6 Å². The summed E-state index contributed by atoms with van der Waals surface area (Å²) in [4.78, 5) is 37.7. The minimum Gasteiger partial charge on any atom is -0.389 e. The Labute approximate surface area is 151 Å². The Hall–Kier alpha value is -1.29. The Kier molecular flexibility index (Phi) is 3.32. The third-order valence-corrected chi connectivity index (χ3v) is 7.72. The fourth-order valence-electron chi connectivity index (χ4n) is 6.48. The number of carbonyl (C=O) groups excluding carboxylic acids is 3. The lowest BCUT2D eigenvalue weighted by Gasteiger charge is -2.56. The van der Waals surface area contributed by atoms with E-state index in [-0.39, 0.29) is 47.9 Å². The fourth-order valence-corrected chi connectivity index (χ4v) is 6.48. The van der Waals surface area contributed by atoms with Crippen molar-refractivity contribution in [2.75, 3.05) is 6.61 Å². The van der Waals surface area contributed by atoms with E-state index in [0.29, 0.717) is 12.8 Å². The molecular formula is C21H28O4. The van der Waals surface area contributed by atoms with Crippen molar-refractivity contribution >= 4 is 17.3 Å². The van der Waals surface area contributed by atoms with Gasteiger partial charge in [-0.05, 0) is 60.8 Å². The Morgan fingerprint density at radius 3 is 2.80 bits per heavy atom. The summed E-state index contributed by atoms with van der Waals surface area (Å²) in [5, 5.41) is 9.37. The molecule has 0 heterocycles. The first kappa shape index (κ1) is 14.8. The average molecular weight is 348 g/mol. The number of fused-ring (bicyclic) bond motifs is 5. The van der Waals surface area contributed by atoms with Crippen LogP contribution in [0.5, 0.6) is 0 Å². The van der Waals surface area contributed by atoms with Gasteiger partial charge >= 0.3 is 0 Å². The Bertz CT molecular complexity index is 746. The summed E-state index contributed by atoms with van der Waals surface area (Å²) in [6, 6.07) is 0. The van der Waals surface area contributed by atoms with Crippen molar-refractivity contribution in [2.45, 2.75) is 58.7 Å². The van der Waals surface area contributed by atoms with Gasteiger partial charge in [0.25, 0.3) is 0 Å².